The normalized spacial score (nSPS) is 12.0. The van der Waals surface area contributed by atoms with E-state index in [9.17, 15) is 18.0 Å². The summed E-state index contributed by atoms with van der Waals surface area (Å²) in [7, 11) is 1.30. The first-order valence-electron chi connectivity index (χ1n) is 6.89. The molecule has 0 aliphatic heterocycles. The van der Waals surface area contributed by atoms with Crippen molar-refractivity contribution in [3.8, 4) is 0 Å². The van der Waals surface area contributed by atoms with Gasteiger partial charge in [0.05, 0.1) is 5.39 Å². The molecule has 7 nitrogen and oxygen atoms in total. The van der Waals surface area contributed by atoms with Crippen LogP contribution in [0.5, 0.6) is 0 Å². The number of rotatable bonds is 5. The highest BCUT2D eigenvalue weighted by molar-refractivity contribution is 8.13. The monoisotopic (exact) mass is 345 g/mol. The number of hydrogen-bond acceptors (Lipinski definition) is 5. The molecule has 2 aromatic heterocycles. The quantitative estimate of drug-likeness (QED) is 0.762. The fourth-order valence-corrected chi connectivity index (χ4v) is 2.95. The largest absolute Gasteiger partial charge is 0.332 e. The van der Waals surface area contributed by atoms with Crippen LogP contribution >= 0.6 is 10.7 Å². The molecule has 0 radical (unpaired) electrons. The Hall–Kier alpha value is -1.67. The average molecular weight is 346 g/mol. The van der Waals surface area contributed by atoms with Crippen LogP contribution in [0, 0.1) is 0 Å². The van der Waals surface area contributed by atoms with E-state index in [1.54, 1.807) is 0 Å². The molecule has 0 fully saturated rings. The molecule has 9 heteroatoms. The number of aryl methyl sites for hydroxylation is 1. The summed E-state index contributed by atoms with van der Waals surface area (Å²) in [4.78, 5) is 28.6. The molecule has 0 aromatic carbocycles. The zero-order valence-electron chi connectivity index (χ0n) is 12.2. The number of fused-ring (bicyclic) bond motifs is 1. The number of aromatic nitrogens is 3. The third-order valence-corrected chi connectivity index (χ3v) is 4.53. The smallest absolute Gasteiger partial charge is 0.277 e. The Morgan fingerprint density at radius 3 is 2.27 bits per heavy atom. The molecule has 0 saturated heterocycles. The molecule has 0 aliphatic rings. The zero-order chi connectivity index (χ0) is 16.5. The van der Waals surface area contributed by atoms with Gasteiger partial charge >= 0.3 is 5.69 Å². The maximum absolute atomic E-state index is 12.4. The highest BCUT2D eigenvalue weighted by atomic mass is 35.7. The van der Waals surface area contributed by atoms with Crippen LogP contribution in [0.4, 0.5) is 0 Å². The van der Waals surface area contributed by atoms with Crippen LogP contribution < -0.4 is 11.2 Å². The number of hydrogen-bond donors (Lipinski definition) is 0. The van der Waals surface area contributed by atoms with Crippen molar-refractivity contribution in [2.45, 2.75) is 44.7 Å². The van der Waals surface area contributed by atoms with E-state index in [0.29, 0.717) is 19.4 Å². The van der Waals surface area contributed by atoms with Crippen molar-refractivity contribution >= 4 is 30.8 Å². The van der Waals surface area contributed by atoms with Crippen molar-refractivity contribution < 1.29 is 8.42 Å². The fourth-order valence-electron chi connectivity index (χ4n) is 2.26. The molecule has 2 rings (SSSR count). The highest BCUT2D eigenvalue weighted by Crippen LogP contribution is 2.17. The van der Waals surface area contributed by atoms with Gasteiger partial charge in [-0.05, 0) is 18.9 Å². The Balaban J connectivity index is 2.94. The van der Waals surface area contributed by atoms with E-state index in [2.05, 4.69) is 4.98 Å². The van der Waals surface area contributed by atoms with E-state index >= 15 is 0 Å². The minimum Gasteiger partial charge on any atom is -0.277 e. The first kappa shape index (κ1) is 16.7. The summed E-state index contributed by atoms with van der Waals surface area (Å²) >= 11 is 0. The van der Waals surface area contributed by atoms with Crippen molar-refractivity contribution in [1.29, 1.82) is 0 Å². The second-order valence-electron chi connectivity index (χ2n) is 4.87. The Bertz CT molecular complexity index is 931. The molecular formula is C13H16ClN3O4S. The molecule has 0 atom stereocenters. The van der Waals surface area contributed by atoms with E-state index in [1.807, 2.05) is 13.8 Å². The molecule has 0 aliphatic carbocycles. The summed E-state index contributed by atoms with van der Waals surface area (Å²) in [5.74, 6) is 0. The lowest BCUT2D eigenvalue weighted by Crippen LogP contribution is -2.40. The van der Waals surface area contributed by atoms with Crippen molar-refractivity contribution in [2.75, 3.05) is 0 Å². The van der Waals surface area contributed by atoms with Gasteiger partial charge in [0.25, 0.3) is 14.6 Å². The van der Waals surface area contributed by atoms with Crippen LogP contribution in [0.25, 0.3) is 11.0 Å². The number of halogens is 1. The molecule has 120 valence electrons. The topological polar surface area (TPSA) is 91.0 Å². The van der Waals surface area contributed by atoms with Crippen molar-refractivity contribution in [2.24, 2.45) is 0 Å². The zero-order valence-corrected chi connectivity index (χ0v) is 13.8. The fraction of sp³-hybridized carbons (Fsp3) is 0.462. The minimum absolute atomic E-state index is 0.0724. The van der Waals surface area contributed by atoms with E-state index in [-0.39, 0.29) is 22.5 Å². The van der Waals surface area contributed by atoms with Gasteiger partial charge in [-0.3, -0.25) is 13.9 Å². The lowest BCUT2D eigenvalue weighted by molar-refractivity contribution is 0.554. The van der Waals surface area contributed by atoms with Crippen molar-refractivity contribution in [1.82, 2.24) is 14.1 Å². The van der Waals surface area contributed by atoms with Gasteiger partial charge in [-0.1, -0.05) is 13.8 Å². The van der Waals surface area contributed by atoms with E-state index in [0.717, 1.165) is 10.8 Å². The van der Waals surface area contributed by atoms with Gasteiger partial charge in [0.2, 0.25) is 0 Å². The van der Waals surface area contributed by atoms with Crippen molar-refractivity contribution in [3.63, 3.8) is 0 Å². The maximum Gasteiger partial charge on any atom is 0.332 e. The molecule has 0 unspecified atom stereocenters. The molecule has 0 N–H and O–H groups in total. The van der Waals surface area contributed by atoms with Crippen LogP contribution in [-0.4, -0.2) is 22.5 Å². The first-order valence-corrected chi connectivity index (χ1v) is 9.20. The summed E-state index contributed by atoms with van der Waals surface area (Å²) in [5, 5.41) is 0.0724. The lowest BCUT2D eigenvalue weighted by atomic mass is 10.3. The van der Waals surface area contributed by atoms with Gasteiger partial charge in [-0.15, -0.1) is 0 Å². The summed E-state index contributed by atoms with van der Waals surface area (Å²) in [5.41, 5.74) is -0.813. The van der Waals surface area contributed by atoms with Gasteiger partial charge in [0.15, 0.2) is 0 Å². The Morgan fingerprint density at radius 1 is 1.14 bits per heavy atom. The summed E-state index contributed by atoms with van der Waals surface area (Å²) in [6.45, 7) is 4.39. The van der Waals surface area contributed by atoms with Crippen LogP contribution in [0.1, 0.15) is 26.7 Å². The third kappa shape index (κ3) is 2.93. The van der Waals surface area contributed by atoms with Crippen LogP contribution in [0.2, 0.25) is 0 Å². The highest BCUT2D eigenvalue weighted by Gasteiger charge is 2.17. The van der Waals surface area contributed by atoms with Gasteiger partial charge in [0.1, 0.15) is 10.5 Å². The predicted molar refractivity (Wildman–Crippen MR) is 83.9 cm³/mol. The second kappa shape index (κ2) is 6.21. The van der Waals surface area contributed by atoms with Gasteiger partial charge in [-0.25, -0.2) is 18.2 Å². The summed E-state index contributed by atoms with van der Waals surface area (Å²) in [6, 6.07) is 1.17. The standard InChI is InChI=1S/C13H16ClN3O4S/c1-3-5-16-11-10(7-9(8-15-11)22(14,20)21)12(18)17(6-4-2)13(16)19/h7-8H,3-6H2,1-2H3. The van der Waals surface area contributed by atoms with Crippen molar-refractivity contribution in [3.05, 3.63) is 33.1 Å². The van der Waals surface area contributed by atoms with E-state index in [1.165, 1.54) is 10.6 Å². The first-order chi connectivity index (χ1) is 10.3. The third-order valence-electron chi connectivity index (χ3n) is 3.21. The molecular weight excluding hydrogens is 330 g/mol. The SMILES string of the molecule is CCCn1c(=O)c2cc(S(=O)(=O)Cl)cnc2n(CCC)c1=O. The summed E-state index contributed by atoms with van der Waals surface area (Å²) < 4.78 is 25.3. The van der Waals surface area contributed by atoms with E-state index in [4.69, 9.17) is 10.7 Å². The minimum atomic E-state index is -4.00. The predicted octanol–water partition coefficient (Wildman–Crippen LogP) is 1.31. The molecule has 22 heavy (non-hydrogen) atoms. The summed E-state index contributed by atoms with van der Waals surface area (Å²) in [6.07, 6.45) is 2.34. The van der Waals surface area contributed by atoms with Crippen LogP contribution in [0.15, 0.2) is 26.7 Å². The van der Waals surface area contributed by atoms with Crippen LogP contribution in [-0.2, 0) is 22.1 Å². The maximum atomic E-state index is 12.4. The molecule has 0 amide bonds. The number of pyridine rings is 1. The second-order valence-corrected chi connectivity index (χ2v) is 7.44. The Labute approximate surface area is 131 Å². The molecule has 2 aromatic rings. The molecule has 0 saturated carbocycles. The Morgan fingerprint density at radius 2 is 1.73 bits per heavy atom. The average Bonchev–Trinajstić information content (AvgIpc) is 2.46. The van der Waals surface area contributed by atoms with Gasteiger partial charge in [0, 0.05) is 30.0 Å². The van der Waals surface area contributed by atoms with Crippen LogP contribution in [0.3, 0.4) is 0 Å². The van der Waals surface area contributed by atoms with Gasteiger partial charge in [-0.2, -0.15) is 0 Å². The number of nitrogens with zero attached hydrogens (tertiary/aromatic N) is 3. The van der Waals surface area contributed by atoms with E-state index < -0.39 is 20.3 Å². The Kier molecular flexibility index (Phi) is 4.72. The molecule has 0 bridgehead atoms. The lowest BCUT2D eigenvalue weighted by Gasteiger charge is -2.12. The van der Waals surface area contributed by atoms with Gasteiger partial charge < -0.3 is 0 Å². The molecule has 2 heterocycles. The molecule has 0 spiro atoms.